The number of hydrogen-bond acceptors (Lipinski definition) is 4. The zero-order valence-corrected chi connectivity index (χ0v) is 7.83. The van der Waals surface area contributed by atoms with Crippen LogP contribution in [0, 0.1) is 10.1 Å². The highest BCUT2D eigenvalue weighted by atomic mass is 79.9. The maximum atomic E-state index is 10.4. The molecule has 0 radical (unpaired) electrons. The first-order chi connectivity index (χ1) is 5.52. The van der Waals surface area contributed by atoms with Gasteiger partial charge in [-0.1, -0.05) is 0 Å². The molecular weight excluding hydrogens is 225 g/mol. The molecule has 0 atom stereocenters. The molecule has 1 heterocycles. The van der Waals surface area contributed by atoms with E-state index in [2.05, 4.69) is 20.9 Å². The number of rotatable bonds is 1. The second-order valence-corrected chi connectivity index (χ2v) is 3.07. The molecule has 0 aliphatic heterocycles. The third kappa shape index (κ3) is 1.55. The topological polar surface area (TPSA) is 82.0 Å². The molecule has 2 N–H and O–H groups in total. The van der Waals surface area contributed by atoms with Gasteiger partial charge in [0.2, 0.25) is 5.82 Å². The van der Waals surface area contributed by atoms with E-state index in [1.165, 1.54) is 6.07 Å². The molecule has 1 aromatic heterocycles. The first-order valence-corrected chi connectivity index (χ1v) is 3.88. The van der Waals surface area contributed by atoms with Crippen LogP contribution in [0.3, 0.4) is 0 Å². The number of aromatic nitrogens is 1. The lowest BCUT2D eigenvalue weighted by Crippen LogP contribution is -2.13. The molecule has 0 saturated carbocycles. The van der Waals surface area contributed by atoms with Crippen molar-refractivity contribution in [1.82, 2.24) is 4.98 Å². The summed E-state index contributed by atoms with van der Waals surface area (Å²) in [5, 5.41) is 10.4. The lowest BCUT2D eigenvalue weighted by molar-refractivity contribution is -0.384. The van der Waals surface area contributed by atoms with E-state index in [1.807, 2.05) is 0 Å². The van der Waals surface area contributed by atoms with Gasteiger partial charge in [-0.2, -0.15) is 0 Å². The molecule has 62 valence electrons. The van der Waals surface area contributed by atoms with E-state index in [9.17, 15) is 10.1 Å². The van der Waals surface area contributed by atoms with Crippen LogP contribution in [-0.2, 0) is 0 Å². The minimum Gasteiger partial charge on any atom is -0.378 e. The molecule has 1 rings (SSSR count). The summed E-state index contributed by atoms with van der Waals surface area (Å²) >= 11 is 3.13. The van der Waals surface area contributed by atoms with E-state index in [4.69, 9.17) is 5.73 Å². The maximum Gasteiger partial charge on any atom is 0.312 e. The van der Waals surface area contributed by atoms with Crippen molar-refractivity contribution in [1.29, 1.82) is 0 Å². The Morgan fingerprint density at radius 1 is 1.75 bits per heavy atom. The third-order valence-corrected chi connectivity index (χ3v) is 2.16. The second kappa shape index (κ2) is 3.10. The summed E-state index contributed by atoms with van der Waals surface area (Å²) < 4.78 is 0.586. The summed E-state index contributed by atoms with van der Waals surface area (Å²) in [6, 6.07) is 1.34. The fourth-order valence-corrected chi connectivity index (χ4v) is 1.04. The van der Waals surface area contributed by atoms with E-state index in [1.54, 1.807) is 7.85 Å². The van der Waals surface area contributed by atoms with E-state index in [-0.39, 0.29) is 11.5 Å². The molecule has 0 bridgehead atoms. The van der Waals surface area contributed by atoms with Crippen LogP contribution in [0.1, 0.15) is 0 Å². The van der Waals surface area contributed by atoms with Crippen LogP contribution in [0.5, 0.6) is 0 Å². The zero-order valence-electron chi connectivity index (χ0n) is 6.24. The Kier molecular flexibility index (Phi) is 2.32. The summed E-state index contributed by atoms with van der Waals surface area (Å²) in [7, 11) is 1.71. The van der Waals surface area contributed by atoms with Crippen LogP contribution in [0.4, 0.5) is 11.5 Å². The fourth-order valence-electron chi connectivity index (χ4n) is 0.736. The Labute approximate surface area is 77.7 Å². The van der Waals surface area contributed by atoms with Crippen molar-refractivity contribution < 1.29 is 4.92 Å². The van der Waals surface area contributed by atoms with E-state index in [0.29, 0.717) is 10.1 Å². The predicted molar refractivity (Wildman–Crippen MR) is 51.2 cm³/mol. The zero-order chi connectivity index (χ0) is 9.30. The summed E-state index contributed by atoms with van der Waals surface area (Å²) in [5.41, 5.74) is 5.78. The Hall–Kier alpha value is -1.11. The van der Waals surface area contributed by atoms with Crippen molar-refractivity contribution in [3.8, 4) is 0 Å². The van der Waals surface area contributed by atoms with Crippen LogP contribution >= 0.6 is 15.9 Å². The van der Waals surface area contributed by atoms with Crippen molar-refractivity contribution in [3.63, 3.8) is 0 Å². The van der Waals surface area contributed by atoms with Gasteiger partial charge in [0.15, 0.2) is 7.85 Å². The lowest BCUT2D eigenvalue weighted by Gasteiger charge is -1.99. The number of nitrogens with zero attached hydrogens (tertiary/aromatic N) is 2. The van der Waals surface area contributed by atoms with Gasteiger partial charge in [0, 0.05) is 16.1 Å². The van der Waals surface area contributed by atoms with Crippen LogP contribution < -0.4 is 11.3 Å². The van der Waals surface area contributed by atoms with Crippen molar-refractivity contribution in [2.24, 2.45) is 0 Å². The van der Waals surface area contributed by atoms with Gasteiger partial charge in [0.05, 0.1) is 4.92 Å². The molecule has 0 spiro atoms. The molecule has 0 saturated heterocycles. The molecular formula is C5H5BBrN3O2. The molecule has 0 fully saturated rings. The van der Waals surface area contributed by atoms with Crippen molar-refractivity contribution >= 4 is 40.9 Å². The first-order valence-electron chi connectivity index (χ1n) is 3.09. The van der Waals surface area contributed by atoms with Crippen molar-refractivity contribution in [2.75, 3.05) is 5.73 Å². The molecule has 7 heteroatoms. The number of nitro groups is 1. The maximum absolute atomic E-state index is 10.4. The number of hydrogen-bond donors (Lipinski definition) is 1. The van der Waals surface area contributed by atoms with Crippen LogP contribution in [-0.4, -0.2) is 17.8 Å². The molecule has 12 heavy (non-hydrogen) atoms. The normalized spacial score (nSPS) is 9.75. The monoisotopic (exact) mass is 229 g/mol. The summed E-state index contributed by atoms with van der Waals surface area (Å²) in [5.74, 6) is -0.0549. The van der Waals surface area contributed by atoms with Gasteiger partial charge in [-0.25, -0.2) is 4.98 Å². The fraction of sp³-hybridized carbons (Fsp3) is 0. The quantitative estimate of drug-likeness (QED) is 0.404. The molecule has 5 nitrogen and oxygen atoms in total. The Morgan fingerprint density at radius 3 is 2.83 bits per heavy atom. The van der Waals surface area contributed by atoms with Gasteiger partial charge in [-0.15, -0.1) is 0 Å². The Morgan fingerprint density at radius 2 is 2.33 bits per heavy atom. The number of nitrogens with two attached hydrogens (primary N) is 1. The van der Waals surface area contributed by atoms with Gasteiger partial charge < -0.3 is 5.73 Å². The van der Waals surface area contributed by atoms with Gasteiger partial charge in [0.1, 0.15) is 0 Å². The minimum absolute atomic E-state index is 0.0549. The van der Waals surface area contributed by atoms with E-state index >= 15 is 0 Å². The number of halogens is 1. The molecule has 0 aromatic carbocycles. The Bertz CT molecular complexity index is 344. The summed E-state index contributed by atoms with van der Waals surface area (Å²) in [4.78, 5) is 13.6. The van der Waals surface area contributed by atoms with Crippen molar-refractivity contribution in [2.45, 2.75) is 0 Å². The Balaban J connectivity index is 3.33. The second-order valence-electron chi connectivity index (χ2n) is 2.22. The highest BCUT2D eigenvalue weighted by Crippen LogP contribution is 2.20. The molecule has 0 amide bonds. The standard InChI is InChI=1S/C5H5BBrN3O2/c6-4-2(7)1-3(10(11)12)5(8)9-4/h1H,6H2,(H2,8,9). The van der Waals surface area contributed by atoms with Crippen molar-refractivity contribution in [3.05, 3.63) is 20.7 Å². The van der Waals surface area contributed by atoms with Gasteiger partial charge in [-0.3, -0.25) is 10.1 Å². The number of nitrogen functional groups attached to an aromatic ring is 1. The lowest BCUT2D eigenvalue weighted by atomic mass is 10.0. The van der Waals surface area contributed by atoms with Gasteiger partial charge in [-0.05, 0) is 15.9 Å². The minimum atomic E-state index is -0.563. The average Bonchev–Trinajstić information content (AvgIpc) is 1.96. The van der Waals surface area contributed by atoms with Gasteiger partial charge >= 0.3 is 5.69 Å². The highest BCUT2D eigenvalue weighted by Gasteiger charge is 2.14. The summed E-state index contributed by atoms with van der Waals surface area (Å²) in [6.45, 7) is 0. The highest BCUT2D eigenvalue weighted by molar-refractivity contribution is 9.10. The van der Waals surface area contributed by atoms with Crippen LogP contribution in [0.2, 0.25) is 0 Å². The van der Waals surface area contributed by atoms with Crippen LogP contribution in [0.15, 0.2) is 10.5 Å². The third-order valence-electron chi connectivity index (χ3n) is 1.36. The average molecular weight is 230 g/mol. The summed E-state index contributed by atoms with van der Waals surface area (Å²) in [6.07, 6.45) is 0. The van der Waals surface area contributed by atoms with E-state index in [0.717, 1.165) is 0 Å². The van der Waals surface area contributed by atoms with Crippen LogP contribution in [0.25, 0.3) is 0 Å². The largest absolute Gasteiger partial charge is 0.378 e. The SMILES string of the molecule is Bc1nc(N)c([N+](=O)[O-])cc1Br. The number of anilines is 1. The molecule has 0 aliphatic carbocycles. The molecule has 0 aliphatic rings. The van der Waals surface area contributed by atoms with Gasteiger partial charge in [0.25, 0.3) is 0 Å². The molecule has 1 aromatic rings. The number of pyridine rings is 1. The smallest absolute Gasteiger partial charge is 0.312 e. The first kappa shape index (κ1) is 8.99. The predicted octanol–water partition coefficient (Wildman–Crippen LogP) is -0.407. The van der Waals surface area contributed by atoms with E-state index < -0.39 is 4.92 Å². The molecule has 0 unspecified atom stereocenters.